The van der Waals surface area contributed by atoms with Crippen LogP contribution in [-0.2, 0) is 12.8 Å². The zero-order valence-electron chi connectivity index (χ0n) is 24.8. The smallest absolute Gasteiger partial charge is 0.192 e. The number of aryl methyl sites for hydroxylation is 2. The van der Waals surface area contributed by atoms with Gasteiger partial charge in [-0.1, -0.05) is 78.1 Å². The molecule has 0 saturated heterocycles. The number of unbranched alkanes of at least 4 members (excludes halogenated alkanes) is 10. The van der Waals surface area contributed by atoms with E-state index in [4.69, 9.17) is 13.1 Å². The summed E-state index contributed by atoms with van der Waals surface area (Å²) in [7, 11) is 0. The summed E-state index contributed by atoms with van der Waals surface area (Å²) in [5.74, 6) is 0.139. The van der Waals surface area contributed by atoms with Gasteiger partial charge in [-0.2, -0.15) is 20.2 Å². The van der Waals surface area contributed by atoms with E-state index < -0.39 is 0 Å². The fourth-order valence-electron chi connectivity index (χ4n) is 5.91. The van der Waals surface area contributed by atoms with Crippen molar-refractivity contribution >= 4 is 65.0 Å². The molecule has 6 heteroatoms. The topological polar surface area (TPSA) is 56.3 Å². The first-order chi connectivity index (χ1) is 20.6. The Bertz CT molecular complexity index is 1690. The number of nitriles is 2. The first-order valence-electron chi connectivity index (χ1n) is 15.3. The first-order valence-corrected chi connectivity index (χ1v) is 17.0. The summed E-state index contributed by atoms with van der Waals surface area (Å²) in [5.41, 5.74) is 2.78. The number of nitrogens with zero attached hydrogens (tertiary/aromatic N) is 4. The summed E-state index contributed by atoms with van der Waals surface area (Å²) >= 11 is 3.09. The minimum atomic E-state index is 0.139. The van der Waals surface area contributed by atoms with Gasteiger partial charge in [-0.25, -0.2) is 0 Å². The molecule has 0 aliphatic heterocycles. The molecule has 0 fully saturated rings. The van der Waals surface area contributed by atoms with Crippen LogP contribution in [0.5, 0.6) is 0 Å². The number of benzene rings is 2. The van der Waals surface area contributed by atoms with Crippen molar-refractivity contribution in [2.24, 2.45) is 0 Å². The maximum absolute atomic E-state index is 9.59. The molecule has 0 saturated carbocycles. The minimum absolute atomic E-state index is 0.139. The zero-order valence-corrected chi connectivity index (χ0v) is 26.4. The van der Waals surface area contributed by atoms with Crippen LogP contribution in [0.1, 0.15) is 102 Å². The summed E-state index contributed by atoms with van der Waals surface area (Å²) in [4.78, 5) is 7.02. The molecule has 0 aliphatic rings. The Morgan fingerprint density at radius 2 is 1.05 bits per heavy atom. The second-order valence-corrected chi connectivity index (χ2v) is 13.2. The lowest BCUT2D eigenvalue weighted by Gasteiger charge is -2.14. The van der Waals surface area contributed by atoms with Gasteiger partial charge in [-0.15, -0.1) is 22.7 Å². The summed E-state index contributed by atoms with van der Waals surface area (Å²) in [5, 5.41) is 24.0. The van der Waals surface area contributed by atoms with E-state index in [1.54, 1.807) is 11.3 Å². The van der Waals surface area contributed by atoms with Crippen molar-refractivity contribution < 1.29 is 0 Å². The van der Waals surface area contributed by atoms with Crippen molar-refractivity contribution in [2.75, 3.05) is 0 Å². The van der Waals surface area contributed by atoms with Crippen molar-refractivity contribution in [1.29, 1.82) is 10.5 Å². The van der Waals surface area contributed by atoms with E-state index in [1.807, 2.05) is 0 Å². The molecule has 214 valence electrons. The average molecular weight is 591 g/mol. The van der Waals surface area contributed by atoms with Crippen molar-refractivity contribution in [1.82, 2.24) is 0 Å². The van der Waals surface area contributed by atoms with Gasteiger partial charge in [-0.3, -0.25) is 0 Å². The molecule has 0 amide bonds. The highest BCUT2D eigenvalue weighted by atomic mass is 32.1. The van der Waals surface area contributed by atoms with Gasteiger partial charge in [0.15, 0.2) is 0 Å². The third-order valence-corrected chi connectivity index (χ3v) is 10.3. The summed E-state index contributed by atoms with van der Waals surface area (Å²) in [6, 6.07) is 12.8. The molecular weight excluding hydrogens is 553 g/mol. The maximum Gasteiger partial charge on any atom is 0.536 e. The van der Waals surface area contributed by atoms with Gasteiger partial charge in [0, 0.05) is 9.40 Å². The molecule has 0 aliphatic carbocycles. The lowest BCUT2D eigenvalue weighted by molar-refractivity contribution is 0.608. The minimum Gasteiger partial charge on any atom is -0.192 e. The standard InChI is InChI=1S/C36H38N4S2/c1-5-7-9-11-13-15-17-26-29-20-34-31(22-35(42-34)36(39-3)40-4)27(18-16-14-12-10-8-6-2)28(29)19-33-30(26)21-32(41-33)25(23-37)24-38/h19-22H,5-18H2,1-2H3. The van der Waals surface area contributed by atoms with Gasteiger partial charge >= 0.3 is 5.82 Å². The molecule has 2 aromatic carbocycles. The van der Waals surface area contributed by atoms with E-state index in [-0.39, 0.29) is 11.4 Å². The van der Waals surface area contributed by atoms with Gasteiger partial charge < -0.3 is 0 Å². The van der Waals surface area contributed by atoms with Crippen molar-refractivity contribution in [3.63, 3.8) is 0 Å². The molecule has 0 spiro atoms. The summed E-state index contributed by atoms with van der Waals surface area (Å²) in [6.45, 7) is 19.5. The second-order valence-electron chi connectivity index (χ2n) is 11.0. The van der Waals surface area contributed by atoms with Crippen molar-refractivity contribution in [3.05, 3.63) is 67.3 Å². The largest absolute Gasteiger partial charge is 0.536 e. The highest BCUT2D eigenvalue weighted by molar-refractivity contribution is 7.17. The molecule has 0 radical (unpaired) electrons. The Labute approximate surface area is 257 Å². The predicted molar refractivity (Wildman–Crippen MR) is 179 cm³/mol. The molecular formula is C36H38N4S2. The highest BCUT2D eigenvalue weighted by Crippen LogP contribution is 2.38. The number of thiophene rings is 2. The summed E-state index contributed by atoms with van der Waals surface area (Å²) in [6.07, 6.45) is 16.5. The fourth-order valence-corrected chi connectivity index (χ4v) is 8.05. The van der Waals surface area contributed by atoms with Crippen LogP contribution in [0.4, 0.5) is 0 Å². The van der Waals surface area contributed by atoms with Crippen LogP contribution in [0.15, 0.2) is 24.3 Å². The molecule has 4 rings (SSSR count). The Hall–Kier alpha value is -3.68. The van der Waals surface area contributed by atoms with Gasteiger partial charge in [0.1, 0.15) is 35.4 Å². The van der Waals surface area contributed by atoms with Crippen LogP contribution >= 0.6 is 22.7 Å². The third-order valence-electron chi connectivity index (χ3n) is 8.13. The van der Waals surface area contributed by atoms with E-state index in [0.717, 1.165) is 54.9 Å². The first kappa shape index (κ1) is 31.3. The molecule has 42 heavy (non-hydrogen) atoms. The van der Waals surface area contributed by atoms with Gasteiger partial charge in [-0.05, 0) is 82.6 Å². The number of rotatable bonds is 14. The summed E-state index contributed by atoms with van der Waals surface area (Å²) < 4.78 is 3.74. The zero-order chi connectivity index (χ0) is 29.9. The van der Waals surface area contributed by atoms with Crippen molar-refractivity contribution in [2.45, 2.75) is 104 Å². The molecule has 2 heterocycles. The quantitative estimate of drug-likeness (QED) is 0.108. The van der Waals surface area contributed by atoms with Gasteiger partial charge in [0.2, 0.25) is 0 Å². The lowest BCUT2D eigenvalue weighted by Crippen LogP contribution is -1.96. The van der Waals surface area contributed by atoms with Gasteiger partial charge in [0.05, 0.1) is 4.53 Å². The number of hydrogen-bond acceptors (Lipinski definition) is 4. The average Bonchev–Trinajstić information content (AvgIpc) is 3.62. The maximum atomic E-state index is 9.59. The Balaban J connectivity index is 1.93. The van der Waals surface area contributed by atoms with E-state index in [2.05, 4.69) is 59.9 Å². The van der Waals surface area contributed by atoms with Crippen molar-refractivity contribution in [3.8, 4) is 12.1 Å². The molecule has 0 bridgehead atoms. The molecule has 0 unspecified atom stereocenters. The van der Waals surface area contributed by atoms with E-state index >= 15 is 0 Å². The highest BCUT2D eigenvalue weighted by Gasteiger charge is 2.18. The molecule has 4 nitrogen and oxygen atoms in total. The van der Waals surface area contributed by atoms with Crippen LogP contribution in [0.3, 0.4) is 0 Å². The van der Waals surface area contributed by atoms with E-state index in [0.29, 0.717) is 0 Å². The number of fused-ring (bicyclic) bond motifs is 3. The molecule has 0 atom stereocenters. The van der Waals surface area contributed by atoms with Crippen LogP contribution < -0.4 is 9.06 Å². The Kier molecular flexibility index (Phi) is 11.6. The van der Waals surface area contributed by atoms with E-state index in [9.17, 15) is 10.5 Å². The molecule has 2 aromatic heterocycles. The predicted octanol–water partition coefficient (Wildman–Crippen LogP) is 10.2. The molecule has 4 aromatic rings. The fraction of sp³-hybridized carbons (Fsp3) is 0.444. The second kappa shape index (κ2) is 15.5. The lowest BCUT2D eigenvalue weighted by atomic mass is 9.90. The third kappa shape index (κ3) is 7.02. The number of hydrogen-bond donors (Lipinski definition) is 0. The Morgan fingerprint density at radius 1 is 0.619 bits per heavy atom. The van der Waals surface area contributed by atoms with Crippen LogP contribution in [0.2, 0.25) is 0 Å². The Morgan fingerprint density at radius 3 is 1.50 bits per heavy atom. The van der Waals surface area contributed by atoms with Crippen LogP contribution in [0, 0.1) is 35.8 Å². The van der Waals surface area contributed by atoms with E-state index in [1.165, 1.54) is 97.4 Å². The normalized spacial score (nSPS) is 10.9. The monoisotopic (exact) mass is 590 g/mol. The van der Waals surface area contributed by atoms with Gasteiger partial charge in [0.25, 0.3) is 0 Å². The SMILES string of the molecule is [C-]#[N+]C([N+]#[C-])=c1cc2c(CCCCCCCC)c3cc4sc(=C(C#N)C#N)cc4c(CCCCCCCC)c3cc2s1. The van der Waals surface area contributed by atoms with Crippen LogP contribution in [-0.4, -0.2) is 0 Å². The molecule has 0 N–H and O–H groups in total. The van der Waals surface area contributed by atoms with Crippen LogP contribution in [0.25, 0.3) is 52.0 Å².